The minimum atomic E-state index is 0.0712. The molecular weight excluding hydrogens is 334 g/mol. The van der Waals surface area contributed by atoms with Gasteiger partial charge >= 0.3 is 4.87 Å². The Morgan fingerprint density at radius 1 is 1.18 bits per heavy atom. The molecule has 0 saturated heterocycles. The molecule has 0 radical (unpaired) electrons. The number of H-pyrrole nitrogens is 1. The van der Waals surface area contributed by atoms with Crippen molar-refractivity contribution in [2.75, 3.05) is 0 Å². The standard InChI is InChI=1S/C17H16ClNOS2/c18-11-4-2-1-3-10(11)13-12-8-5-6-9(7-8)14(12)21-16-15(13)22-17(20)19-16/h1-4,8-9,12-14H,5-7H2,(H,19,20)/t8-,9-,12-,13+,14+/m1/s1. The smallest absolute Gasteiger partial charge is 0.305 e. The van der Waals surface area contributed by atoms with Gasteiger partial charge in [-0.3, -0.25) is 4.79 Å². The molecule has 1 aliphatic heterocycles. The second-order valence-corrected chi connectivity index (χ2v) is 9.31. The summed E-state index contributed by atoms with van der Waals surface area (Å²) >= 11 is 9.85. The highest BCUT2D eigenvalue weighted by Gasteiger charge is 2.54. The third-order valence-corrected chi connectivity index (χ3v) is 8.67. The van der Waals surface area contributed by atoms with Crippen molar-refractivity contribution < 1.29 is 0 Å². The Morgan fingerprint density at radius 3 is 2.86 bits per heavy atom. The number of aromatic nitrogens is 1. The lowest BCUT2D eigenvalue weighted by atomic mass is 9.75. The lowest BCUT2D eigenvalue weighted by Crippen LogP contribution is -2.33. The quantitative estimate of drug-likeness (QED) is 0.806. The molecule has 0 amide bonds. The Balaban J connectivity index is 1.72. The van der Waals surface area contributed by atoms with Crippen molar-refractivity contribution >= 4 is 34.7 Å². The van der Waals surface area contributed by atoms with E-state index in [-0.39, 0.29) is 4.87 Å². The fourth-order valence-corrected chi connectivity index (χ4v) is 8.06. The maximum Gasteiger partial charge on any atom is 0.305 e. The minimum absolute atomic E-state index is 0.0712. The number of thiazole rings is 1. The highest BCUT2D eigenvalue weighted by atomic mass is 35.5. The van der Waals surface area contributed by atoms with Crippen LogP contribution in [0.3, 0.4) is 0 Å². The van der Waals surface area contributed by atoms with Crippen LogP contribution in [0, 0.1) is 17.8 Å². The van der Waals surface area contributed by atoms with Crippen LogP contribution < -0.4 is 4.87 Å². The second kappa shape index (κ2) is 4.89. The third-order valence-electron chi connectivity index (χ3n) is 5.71. The lowest BCUT2D eigenvalue weighted by Gasteiger charge is -2.40. The molecule has 5 rings (SSSR count). The van der Waals surface area contributed by atoms with Gasteiger partial charge in [-0.25, -0.2) is 0 Å². The minimum Gasteiger partial charge on any atom is -0.307 e. The van der Waals surface area contributed by atoms with Gasteiger partial charge in [-0.2, -0.15) is 0 Å². The number of aromatic amines is 1. The number of benzene rings is 1. The van der Waals surface area contributed by atoms with Crippen molar-refractivity contribution in [2.24, 2.45) is 17.8 Å². The molecule has 2 fully saturated rings. The molecule has 2 heterocycles. The molecule has 1 aromatic heterocycles. The Bertz CT molecular complexity index is 798. The summed E-state index contributed by atoms with van der Waals surface area (Å²) in [7, 11) is 0. The van der Waals surface area contributed by atoms with Crippen LogP contribution in [0.15, 0.2) is 34.1 Å². The summed E-state index contributed by atoms with van der Waals surface area (Å²) in [5.74, 6) is 2.56. The number of rotatable bonds is 1. The Hall–Kier alpha value is -0.710. The Morgan fingerprint density at radius 2 is 2.00 bits per heavy atom. The third kappa shape index (κ3) is 1.84. The van der Waals surface area contributed by atoms with E-state index in [1.807, 2.05) is 23.9 Å². The van der Waals surface area contributed by atoms with Gasteiger partial charge in [0.15, 0.2) is 0 Å². The molecule has 114 valence electrons. The van der Waals surface area contributed by atoms with Crippen molar-refractivity contribution in [1.82, 2.24) is 4.98 Å². The predicted octanol–water partition coefficient (Wildman–Crippen LogP) is 4.74. The molecule has 2 saturated carbocycles. The summed E-state index contributed by atoms with van der Waals surface area (Å²) in [5, 5.41) is 2.60. The summed E-state index contributed by atoms with van der Waals surface area (Å²) in [6, 6.07) is 8.19. The van der Waals surface area contributed by atoms with E-state index in [4.69, 9.17) is 11.6 Å². The second-order valence-electron chi connectivity index (χ2n) is 6.70. The fraction of sp³-hybridized carbons (Fsp3) is 0.471. The summed E-state index contributed by atoms with van der Waals surface area (Å²) in [6.07, 6.45) is 4.07. The molecule has 0 unspecified atom stereocenters. The summed E-state index contributed by atoms with van der Waals surface area (Å²) in [6.45, 7) is 0. The molecule has 1 N–H and O–H groups in total. The van der Waals surface area contributed by atoms with Gasteiger partial charge in [0.2, 0.25) is 0 Å². The average molecular weight is 350 g/mol. The Kier molecular flexibility index (Phi) is 3.05. The van der Waals surface area contributed by atoms with Gasteiger partial charge in [0.25, 0.3) is 0 Å². The van der Waals surface area contributed by atoms with Gasteiger partial charge < -0.3 is 4.98 Å². The number of thioether (sulfide) groups is 1. The molecule has 22 heavy (non-hydrogen) atoms. The first kappa shape index (κ1) is 13.7. The summed E-state index contributed by atoms with van der Waals surface area (Å²) < 4.78 is 0. The first-order valence-electron chi connectivity index (χ1n) is 7.86. The van der Waals surface area contributed by atoms with E-state index < -0.39 is 0 Å². The van der Waals surface area contributed by atoms with Crippen molar-refractivity contribution in [3.63, 3.8) is 0 Å². The van der Waals surface area contributed by atoms with Gasteiger partial charge in [-0.1, -0.05) is 41.1 Å². The maximum atomic E-state index is 11.9. The van der Waals surface area contributed by atoms with Crippen LogP contribution in [0.25, 0.3) is 0 Å². The molecule has 3 aliphatic rings. The maximum absolute atomic E-state index is 11.9. The highest BCUT2D eigenvalue weighted by Crippen LogP contribution is 2.64. The van der Waals surface area contributed by atoms with Gasteiger partial charge in [0.05, 0.1) is 5.03 Å². The molecule has 1 aromatic carbocycles. The SMILES string of the molecule is O=c1[nH]c2c(s1)[C@@H](c1ccccc1Cl)[C@H]1[C@@H]3CC[C@H](C3)[C@@H]1S2. The van der Waals surface area contributed by atoms with E-state index in [0.717, 1.165) is 21.9 Å². The molecule has 2 bridgehead atoms. The van der Waals surface area contributed by atoms with Crippen LogP contribution in [0.4, 0.5) is 0 Å². The van der Waals surface area contributed by atoms with E-state index >= 15 is 0 Å². The van der Waals surface area contributed by atoms with Crippen LogP contribution in [0.1, 0.15) is 35.6 Å². The van der Waals surface area contributed by atoms with Crippen LogP contribution in [0.2, 0.25) is 5.02 Å². The molecule has 2 nitrogen and oxygen atoms in total. The number of hydrogen-bond donors (Lipinski definition) is 1. The van der Waals surface area contributed by atoms with Gasteiger partial charge in [0.1, 0.15) is 0 Å². The van der Waals surface area contributed by atoms with Gasteiger partial charge in [-0.05, 0) is 48.6 Å². The zero-order valence-electron chi connectivity index (χ0n) is 11.9. The molecule has 5 atom stereocenters. The van der Waals surface area contributed by atoms with E-state index in [2.05, 4.69) is 17.1 Å². The lowest BCUT2D eigenvalue weighted by molar-refractivity contribution is 0.307. The van der Waals surface area contributed by atoms with Crippen LogP contribution in [-0.2, 0) is 0 Å². The predicted molar refractivity (Wildman–Crippen MR) is 92.2 cm³/mol. The normalized spacial score (nSPS) is 35.4. The zero-order chi connectivity index (χ0) is 14.8. The molecule has 2 aliphatic carbocycles. The highest BCUT2D eigenvalue weighted by molar-refractivity contribution is 8.00. The molecular formula is C17H16ClNOS2. The molecule has 0 spiro atoms. The topological polar surface area (TPSA) is 32.9 Å². The van der Waals surface area contributed by atoms with Crippen molar-refractivity contribution in [2.45, 2.75) is 35.5 Å². The zero-order valence-corrected chi connectivity index (χ0v) is 14.3. The van der Waals surface area contributed by atoms with Crippen molar-refractivity contribution in [3.8, 4) is 0 Å². The van der Waals surface area contributed by atoms with Crippen LogP contribution in [-0.4, -0.2) is 10.2 Å². The van der Waals surface area contributed by atoms with Crippen LogP contribution >= 0.6 is 34.7 Å². The average Bonchev–Trinajstić information content (AvgIpc) is 3.19. The number of halogens is 1. The van der Waals surface area contributed by atoms with E-state index in [1.165, 1.54) is 41.0 Å². The van der Waals surface area contributed by atoms with E-state index in [9.17, 15) is 4.79 Å². The van der Waals surface area contributed by atoms with E-state index in [0.29, 0.717) is 17.1 Å². The first-order chi connectivity index (χ1) is 10.7. The monoisotopic (exact) mass is 349 g/mol. The van der Waals surface area contributed by atoms with Crippen molar-refractivity contribution in [1.29, 1.82) is 0 Å². The van der Waals surface area contributed by atoms with Crippen molar-refractivity contribution in [3.05, 3.63) is 49.4 Å². The van der Waals surface area contributed by atoms with E-state index in [1.54, 1.807) is 0 Å². The summed E-state index contributed by atoms with van der Waals surface area (Å²) in [5.41, 5.74) is 1.21. The molecule has 5 heteroatoms. The Labute approximate surface area is 142 Å². The van der Waals surface area contributed by atoms with Crippen LogP contribution in [0.5, 0.6) is 0 Å². The molecule has 2 aromatic rings. The summed E-state index contributed by atoms with van der Waals surface area (Å²) in [4.78, 5) is 16.3. The number of hydrogen-bond acceptors (Lipinski definition) is 3. The number of nitrogens with one attached hydrogen (secondary N) is 1. The van der Waals surface area contributed by atoms with Gasteiger partial charge in [-0.15, -0.1) is 11.8 Å². The first-order valence-corrected chi connectivity index (χ1v) is 9.94. The fourth-order valence-electron chi connectivity index (χ4n) is 4.92. The number of fused-ring (bicyclic) bond motifs is 6. The van der Waals surface area contributed by atoms with Gasteiger partial charge in [0, 0.05) is 21.1 Å². The largest absolute Gasteiger partial charge is 0.307 e.